The molecule has 0 saturated heterocycles. The zero-order chi connectivity index (χ0) is 24.9. The number of hydrogen-bond acceptors (Lipinski definition) is 4. The molecule has 36 heavy (non-hydrogen) atoms. The van der Waals surface area contributed by atoms with Crippen molar-refractivity contribution in [3.05, 3.63) is 82.5 Å². The van der Waals surface area contributed by atoms with Crippen LogP contribution in [0.15, 0.2) is 65.5 Å². The third-order valence-corrected chi connectivity index (χ3v) is 6.92. The van der Waals surface area contributed by atoms with Crippen LogP contribution in [-0.2, 0) is 17.6 Å². The van der Waals surface area contributed by atoms with Gasteiger partial charge < -0.3 is 4.90 Å². The molecule has 186 valence electrons. The van der Waals surface area contributed by atoms with E-state index in [0.29, 0.717) is 23.7 Å². The van der Waals surface area contributed by atoms with E-state index in [1.807, 2.05) is 59.0 Å². The molecule has 2 aromatic heterocycles. The largest absolute Gasteiger partial charge is 0.346 e. The summed E-state index contributed by atoms with van der Waals surface area (Å²) in [5.41, 5.74) is 3.97. The fraction of sp³-hybridized carbons (Fsp3) is 0.379. The zero-order valence-electron chi connectivity index (χ0n) is 20.8. The Morgan fingerprint density at radius 3 is 2.61 bits per heavy atom. The minimum absolute atomic E-state index is 0.0204. The molecule has 1 saturated carbocycles. The van der Waals surface area contributed by atoms with Gasteiger partial charge in [0, 0.05) is 43.7 Å². The Balaban J connectivity index is 1.08. The van der Waals surface area contributed by atoms with E-state index in [9.17, 15) is 9.59 Å². The maximum atomic E-state index is 13.0. The van der Waals surface area contributed by atoms with Crippen molar-refractivity contribution < 1.29 is 4.79 Å². The number of aryl methyl sites for hydroxylation is 2. The molecule has 0 bridgehead atoms. The maximum absolute atomic E-state index is 13.0. The van der Waals surface area contributed by atoms with E-state index in [0.717, 1.165) is 67.8 Å². The smallest absolute Gasteiger partial charge is 0.261 e. The van der Waals surface area contributed by atoms with Crippen molar-refractivity contribution in [2.75, 3.05) is 13.6 Å². The molecule has 0 aliphatic heterocycles. The number of nitrogens with one attached hydrogen (secondary N) is 1. The summed E-state index contributed by atoms with van der Waals surface area (Å²) in [4.78, 5) is 32.4. The standard InChI is InChI=1S/C29H33N5O2/c1-33(19-9-3-6-12-22-20-26(32-31-22)21-10-4-2-5-11-21)28(35)18-17-27-30-25-14-8-7-13-24(25)29(36)34(27)23-15-16-23/h2,4-5,7-8,10-11,13-14,20,23H,3,6,9,12,15-19H2,1H3,(H,31,32). The van der Waals surface area contributed by atoms with Gasteiger partial charge in [-0.05, 0) is 50.3 Å². The van der Waals surface area contributed by atoms with Crippen molar-refractivity contribution in [2.45, 2.75) is 57.4 Å². The number of nitrogens with zero attached hydrogens (tertiary/aromatic N) is 4. The maximum Gasteiger partial charge on any atom is 0.261 e. The average Bonchev–Trinajstić information content (AvgIpc) is 3.63. The first-order chi connectivity index (χ1) is 17.6. The minimum Gasteiger partial charge on any atom is -0.346 e. The lowest BCUT2D eigenvalue weighted by atomic mass is 10.1. The number of aromatic nitrogens is 4. The first-order valence-corrected chi connectivity index (χ1v) is 12.9. The van der Waals surface area contributed by atoms with Crippen LogP contribution >= 0.6 is 0 Å². The highest BCUT2D eigenvalue weighted by Crippen LogP contribution is 2.35. The van der Waals surface area contributed by atoms with Gasteiger partial charge >= 0.3 is 0 Å². The van der Waals surface area contributed by atoms with E-state index >= 15 is 0 Å². The molecule has 1 aliphatic rings. The summed E-state index contributed by atoms with van der Waals surface area (Å²) in [5.74, 6) is 0.832. The van der Waals surface area contributed by atoms with Crippen molar-refractivity contribution >= 4 is 16.8 Å². The zero-order valence-corrected chi connectivity index (χ0v) is 20.8. The Morgan fingerprint density at radius 2 is 1.81 bits per heavy atom. The second kappa shape index (κ2) is 10.9. The third-order valence-electron chi connectivity index (χ3n) is 6.92. The quantitative estimate of drug-likeness (QED) is 0.307. The molecule has 2 heterocycles. The molecule has 2 aromatic carbocycles. The summed E-state index contributed by atoms with van der Waals surface area (Å²) >= 11 is 0. The van der Waals surface area contributed by atoms with Crippen LogP contribution in [-0.4, -0.2) is 44.1 Å². The van der Waals surface area contributed by atoms with Crippen molar-refractivity contribution in [3.8, 4) is 11.3 Å². The number of fused-ring (bicyclic) bond motifs is 1. The highest BCUT2D eigenvalue weighted by atomic mass is 16.2. The van der Waals surface area contributed by atoms with Gasteiger partial charge in [0.05, 0.1) is 16.6 Å². The molecule has 5 rings (SSSR count). The lowest BCUT2D eigenvalue weighted by Crippen LogP contribution is -2.29. The average molecular weight is 484 g/mol. The van der Waals surface area contributed by atoms with E-state index < -0.39 is 0 Å². The van der Waals surface area contributed by atoms with Gasteiger partial charge in [-0.15, -0.1) is 0 Å². The molecule has 0 unspecified atom stereocenters. The second-order valence-electron chi connectivity index (χ2n) is 9.72. The topological polar surface area (TPSA) is 83.9 Å². The fourth-order valence-corrected chi connectivity index (χ4v) is 4.70. The van der Waals surface area contributed by atoms with Gasteiger partial charge in [0.15, 0.2) is 0 Å². The molecule has 1 fully saturated rings. The number of carbonyl (C=O) groups excluding carboxylic acids is 1. The summed E-state index contributed by atoms with van der Waals surface area (Å²) < 4.78 is 1.83. The first kappa shape index (κ1) is 24.0. The van der Waals surface area contributed by atoms with Gasteiger partial charge in [0.25, 0.3) is 5.56 Å². The Kier molecular flexibility index (Phi) is 7.26. The lowest BCUT2D eigenvalue weighted by Gasteiger charge is -2.18. The van der Waals surface area contributed by atoms with Crippen LogP contribution in [0, 0.1) is 0 Å². The van der Waals surface area contributed by atoms with Crippen LogP contribution < -0.4 is 5.56 Å². The van der Waals surface area contributed by atoms with Gasteiger partial charge in [0.2, 0.25) is 5.91 Å². The van der Waals surface area contributed by atoms with Crippen LogP contribution in [0.1, 0.15) is 56.1 Å². The number of H-pyrrole nitrogens is 1. The number of benzene rings is 2. The van der Waals surface area contributed by atoms with Crippen LogP contribution in [0.4, 0.5) is 0 Å². The molecule has 0 atom stereocenters. The van der Waals surface area contributed by atoms with E-state index in [1.165, 1.54) is 0 Å². The highest BCUT2D eigenvalue weighted by molar-refractivity contribution is 5.78. The number of para-hydroxylation sites is 1. The summed E-state index contributed by atoms with van der Waals surface area (Å²) in [6.07, 6.45) is 6.87. The van der Waals surface area contributed by atoms with Crippen molar-refractivity contribution in [2.24, 2.45) is 0 Å². The van der Waals surface area contributed by atoms with Gasteiger partial charge in [0.1, 0.15) is 5.82 Å². The molecular formula is C29H33N5O2. The predicted molar refractivity (Wildman–Crippen MR) is 142 cm³/mol. The predicted octanol–water partition coefficient (Wildman–Crippen LogP) is 4.93. The van der Waals surface area contributed by atoms with Crippen LogP contribution in [0.2, 0.25) is 0 Å². The second-order valence-corrected chi connectivity index (χ2v) is 9.72. The molecule has 1 aliphatic carbocycles. The molecule has 1 amide bonds. The molecular weight excluding hydrogens is 450 g/mol. The molecule has 0 spiro atoms. The van der Waals surface area contributed by atoms with Crippen LogP contribution in [0.3, 0.4) is 0 Å². The number of carbonyl (C=O) groups is 1. The Bertz CT molecular complexity index is 1390. The molecule has 1 N–H and O–H groups in total. The van der Waals surface area contributed by atoms with E-state index in [2.05, 4.69) is 28.4 Å². The van der Waals surface area contributed by atoms with E-state index in [-0.39, 0.29) is 17.5 Å². The number of rotatable bonds is 11. The summed E-state index contributed by atoms with van der Waals surface area (Å²) in [5, 5.41) is 8.22. The number of hydrogen-bond donors (Lipinski definition) is 1. The van der Waals surface area contributed by atoms with Crippen molar-refractivity contribution in [3.63, 3.8) is 0 Å². The first-order valence-electron chi connectivity index (χ1n) is 12.9. The van der Waals surface area contributed by atoms with Crippen molar-refractivity contribution in [1.29, 1.82) is 0 Å². The van der Waals surface area contributed by atoms with E-state index in [4.69, 9.17) is 4.98 Å². The van der Waals surface area contributed by atoms with Crippen LogP contribution in [0.25, 0.3) is 22.2 Å². The Labute approximate surface area is 211 Å². The highest BCUT2D eigenvalue weighted by Gasteiger charge is 2.28. The van der Waals surface area contributed by atoms with Crippen LogP contribution in [0.5, 0.6) is 0 Å². The van der Waals surface area contributed by atoms with Gasteiger partial charge in [-0.1, -0.05) is 48.9 Å². The SMILES string of the molecule is CN(CCCCCc1cc(-c2ccccc2)n[nH]1)C(=O)CCc1nc2ccccc2c(=O)n1C1CC1. The Morgan fingerprint density at radius 1 is 1.03 bits per heavy atom. The molecule has 0 radical (unpaired) electrons. The summed E-state index contributed by atoms with van der Waals surface area (Å²) in [6.45, 7) is 0.734. The molecule has 7 heteroatoms. The van der Waals surface area contributed by atoms with E-state index in [1.54, 1.807) is 0 Å². The lowest BCUT2D eigenvalue weighted by molar-refractivity contribution is -0.129. The van der Waals surface area contributed by atoms with Crippen molar-refractivity contribution in [1.82, 2.24) is 24.6 Å². The minimum atomic E-state index is 0.0204. The van der Waals surface area contributed by atoms with Gasteiger partial charge in [-0.3, -0.25) is 19.3 Å². The Hall–Kier alpha value is -3.74. The summed E-state index contributed by atoms with van der Waals surface area (Å²) in [7, 11) is 1.87. The number of unbranched alkanes of at least 4 members (excludes halogenated alkanes) is 2. The third kappa shape index (κ3) is 5.56. The molecule has 7 nitrogen and oxygen atoms in total. The monoisotopic (exact) mass is 483 g/mol. The normalized spacial score (nSPS) is 13.2. The van der Waals surface area contributed by atoms with Gasteiger partial charge in [-0.25, -0.2) is 4.98 Å². The summed E-state index contributed by atoms with van der Waals surface area (Å²) in [6, 6.07) is 20.0. The number of aromatic amines is 1. The fourth-order valence-electron chi connectivity index (χ4n) is 4.70. The van der Waals surface area contributed by atoms with Gasteiger partial charge in [-0.2, -0.15) is 5.10 Å². The molecule has 4 aromatic rings. The number of amides is 1.